The van der Waals surface area contributed by atoms with Crippen molar-refractivity contribution in [1.29, 1.82) is 0 Å². The molecule has 0 saturated heterocycles. The van der Waals surface area contributed by atoms with E-state index in [1.54, 1.807) is 6.92 Å². The third-order valence-electron chi connectivity index (χ3n) is 3.29. The van der Waals surface area contributed by atoms with Crippen LogP contribution in [0.25, 0.3) is 0 Å². The van der Waals surface area contributed by atoms with Gasteiger partial charge in [-0.3, -0.25) is 4.79 Å². The van der Waals surface area contributed by atoms with Gasteiger partial charge in [0.2, 0.25) is 0 Å². The summed E-state index contributed by atoms with van der Waals surface area (Å²) in [6.07, 6.45) is 2.80. The van der Waals surface area contributed by atoms with Crippen molar-refractivity contribution < 1.29 is 9.59 Å². The first kappa shape index (κ1) is 9.43. The van der Waals surface area contributed by atoms with Crippen LogP contribution in [0.4, 0.5) is 0 Å². The number of carbonyl (C=O) groups is 2. The molecule has 0 unspecified atom stereocenters. The highest BCUT2D eigenvalue weighted by atomic mass is 16.1. The molecule has 0 aromatic carbocycles. The summed E-state index contributed by atoms with van der Waals surface area (Å²) in [5.74, 6) is 0.871. The summed E-state index contributed by atoms with van der Waals surface area (Å²) in [7, 11) is 0. The Balaban J connectivity index is 2.51. The monoisotopic (exact) mass is 168 g/mol. The summed E-state index contributed by atoms with van der Waals surface area (Å²) < 4.78 is 0. The smallest absolute Gasteiger partial charge is 0.135 e. The van der Waals surface area contributed by atoms with E-state index in [0.717, 1.165) is 19.1 Å². The molecule has 68 valence electrons. The van der Waals surface area contributed by atoms with Crippen molar-refractivity contribution in [2.24, 2.45) is 17.3 Å². The molecule has 0 N–H and O–H groups in total. The van der Waals surface area contributed by atoms with E-state index in [0.29, 0.717) is 5.92 Å². The Kier molecular flexibility index (Phi) is 2.36. The van der Waals surface area contributed by atoms with Gasteiger partial charge >= 0.3 is 0 Å². The maximum Gasteiger partial charge on any atom is 0.135 e. The summed E-state index contributed by atoms with van der Waals surface area (Å²) in [6.45, 7) is 5.58. The van der Waals surface area contributed by atoms with Crippen molar-refractivity contribution in [2.75, 3.05) is 0 Å². The van der Waals surface area contributed by atoms with Gasteiger partial charge in [-0.05, 0) is 25.7 Å². The van der Waals surface area contributed by atoms with E-state index in [4.69, 9.17) is 0 Å². The van der Waals surface area contributed by atoms with Crippen LogP contribution in [-0.2, 0) is 9.59 Å². The lowest BCUT2D eigenvalue weighted by Crippen LogP contribution is -2.40. The summed E-state index contributed by atoms with van der Waals surface area (Å²) >= 11 is 0. The minimum Gasteiger partial charge on any atom is -0.303 e. The molecule has 0 amide bonds. The van der Waals surface area contributed by atoms with Gasteiger partial charge in [-0.15, -0.1) is 0 Å². The molecule has 12 heavy (non-hydrogen) atoms. The van der Waals surface area contributed by atoms with Crippen molar-refractivity contribution in [3.8, 4) is 0 Å². The van der Waals surface area contributed by atoms with E-state index >= 15 is 0 Å². The van der Waals surface area contributed by atoms with E-state index in [-0.39, 0.29) is 17.1 Å². The fourth-order valence-corrected chi connectivity index (χ4v) is 1.65. The maximum absolute atomic E-state index is 11.2. The normalized spacial score (nSPS) is 29.2. The Labute approximate surface area is 73.3 Å². The molecule has 0 heterocycles. The topological polar surface area (TPSA) is 34.1 Å². The van der Waals surface area contributed by atoms with Crippen LogP contribution in [0.1, 0.15) is 33.6 Å². The predicted octanol–water partition coefficient (Wildman–Crippen LogP) is 1.83. The third kappa shape index (κ3) is 1.43. The van der Waals surface area contributed by atoms with Crippen LogP contribution in [-0.4, -0.2) is 12.1 Å². The lowest BCUT2D eigenvalue weighted by molar-refractivity contribution is -0.133. The van der Waals surface area contributed by atoms with E-state index < -0.39 is 0 Å². The second-order valence-corrected chi connectivity index (χ2v) is 4.34. The highest BCUT2D eigenvalue weighted by Crippen LogP contribution is 2.44. The molecule has 0 spiro atoms. The first-order valence-corrected chi connectivity index (χ1v) is 4.44. The standard InChI is InChI=1S/C10H16O2/c1-7(12)10(2,3)9-4-8(5-9)6-11/h6,8-9H,4-5H2,1-3H3. The van der Waals surface area contributed by atoms with Crippen LogP contribution in [0, 0.1) is 17.3 Å². The van der Waals surface area contributed by atoms with E-state index in [1.807, 2.05) is 13.8 Å². The second-order valence-electron chi connectivity index (χ2n) is 4.34. The Morgan fingerprint density at radius 1 is 1.42 bits per heavy atom. The van der Waals surface area contributed by atoms with Gasteiger partial charge < -0.3 is 4.79 Å². The molecule has 0 aromatic rings. The van der Waals surface area contributed by atoms with Crippen molar-refractivity contribution in [1.82, 2.24) is 0 Å². The van der Waals surface area contributed by atoms with Crippen molar-refractivity contribution in [3.63, 3.8) is 0 Å². The van der Waals surface area contributed by atoms with Gasteiger partial charge in [0.05, 0.1) is 0 Å². The van der Waals surface area contributed by atoms with Crippen LogP contribution < -0.4 is 0 Å². The van der Waals surface area contributed by atoms with Crippen molar-refractivity contribution >= 4 is 12.1 Å². The number of hydrogen-bond donors (Lipinski definition) is 0. The van der Waals surface area contributed by atoms with Crippen LogP contribution in [0.2, 0.25) is 0 Å². The highest BCUT2D eigenvalue weighted by molar-refractivity contribution is 5.82. The molecule has 2 heteroatoms. The second kappa shape index (κ2) is 3.00. The average Bonchev–Trinajstić information content (AvgIpc) is 1.84. The van der Waals surface area contributed by atoms with Gasteiger partial charge in [-0.2, -0.15) is 0 Å². The number of carbonyl (C=O) groups excluding carboxylic acids is 2. The van der Waals surface area contributed by atoms with Gasteiger partial charge in [-0.25, -0.2) is 0 Å². The summed E-state index contributed by atoms with van der Waals surface area (Å²) in [5.41, 5.74) is -0.223. The molecule has 0 aliphatic heterocycles. The fourth-order valence-electron chi connectivity index (χ4n) is 1.65. The van der Waals surface area contributed by atoms with Crippen LogP contribution >= 0.6 is 0 Å². The molecule has 1 aliphatic carbocycles. The van der Waals surface area contributed by atoms with Crippen LogP contribution in [0.3, 0.4) is 0 Å². The maximum atomic E-state index is 11.2. The largest absolute Gasteiger partial charge is 0.303 e. The van der Waals surface area contributed by atoms with Gasteiger partial charge in [-0.1, -0.05) is 13.8 Å². The van der Waals surface area contributed by atoms with Crippen molar-refractivity contribution in [2.45, 2.75) is 33.6 Å². The van der Waals surface area contributed by atoms with Crippen molar-refractivity contribution in [3.05, 3.63) is 0 Å². The molecule has 0 aromatic heterocycles. The lowest BCUT2D eigenvalue weighted by Gasteiger charge is -2.42. The van der Waals surface area contributed by atoms with E-state index in [2.05, 4.69) is 0 Å². The van der Waals surface area contributed by atoms with E-state index in [1.165, 1.54) is 0 Å². The molecule has 2 nitrogen and oxygen atoms in total. The van der Waals surface area contributed by atoms with Gasteiger partial charge in [0, 0.05) is 11.3 Å². The molecule has 1 fully saturated rings. The molecule has 0 atom stereocenters. The number of ketones is 1. The molecule has 0 bridgehead atoms. The fraction of sp³-hybridized carbons (Fsp3) is 0.800. The minimum atomic E-state index is -0.223. The number of hydrogen-bond acceptors (Lipinski definition) is 2. The first-order chi connectivity index (χ1) is 5.48. The Bertz CT molecular complexity index is 200. The zero-order chi connectivity index (χ0) is 9.35. The molecular formula is C10H16O2. The van der Waals surface area contributed by atoms with Gasteiger partial charge in [0.15, 0.2) is 0 Å². The molecule has 1 aliphatic rings. The lowest BCUT2D eigenvalue weighted by atomic mass is 9.61. The molecule has 1 rings (SSSR count). The Hall–Kier alpha value is -0.660. The summed E-state index contributed by atoms with van der Waals surface area (Å²) in [6, 6.07) is 0. The third-order valence-corrected chi connectivity index (χ3v) is 3.29. The number of rotatable bonds is 3. The number of Topliss-reactive ketones (excluding diaryl/α,β-unsaturated/α-hetero) is 1. The van der Waals surface area contributed by atoms with E-state index in [9.17, 15) is 9.59 Å². The Morgan fingerprint density at radius 3 is 2.25 bits per heavy atom. The molecular weight excluding hydrogens is 152 g/mol. The zero-order valence-corrected chi connectivity index (χ0v) is 7.96. The molecule has 0 radical (unpaired) electrons. The van der Waals surface area contributed by atoms with Gasteiger partial charge in [0.1, 0.15) is 12.1 Å². The summed E-state index contributed by atoms with van der Waals surface area (Å²) in [5, 5.41) is 0. The predicted molar refractivity (Wildman–Crippen MR) is 46.7 cm³/mol. The minimum absolute atomic E-state index is 0.216. The number of aldehydes is 1. The average molecular weight is 168 g/mol. The first-order valence-electron chi connectivity index (χ1n) is 4.44. The zero-order valence-electron chi connectivity index (χ0n) is 7.96. The van der Waals surface area contributed by atoms with Crippen LogP contribution in [0.15, 0.2) is 0 Å². The SMILES string of the molecule is CC(=O)C(C)(C)C1CC(C=O)C1. The summed E-state index contributed by atoms with van der Waals surface area (Å²) in [4.78, 5) is 21.6. The van der Waals surface area contributed by atoms with Gasteiger partial charge in [0.25, 0.3) is 0 Å². The van der Waals surface area contributed by atoms with Crippen LogP contribution in [0.5, 0.6) is 0 Å². The molecule has 1 saturated carbocycles. The Morgan fingerprint density at radius 2 is 1.92 bits per heavy atom. The highest BCUT2D eigenvalue weighted by Gasteiger charge is 2.42. The quantitative estimate of drug-likeness (QED) is 0.602.